The molecule has 3 N–H and O–H groups in total. The van der Waals surface area contributed by atoms with Gasteiger partial charge in [-0.05, 0) is 12.1 Å². The van der Waals surface area contributed by atoms with E-state index in [4.69, 9.17) is 28.3 Å². The Balaban J connectivity index is 2.74. The molecule has 0 saturated heterocycles. The van der Waals surface area contributed by atoms with E-state index in [-0.39, 0.29) is 16.6 Å². The van der Waals surface area contributed by atoms with E-state index in [0.717, 1.165) is 0 Å². The molecule has 1 unspecified atom stereocenters. The molecule has 0 fully saturated rings. The first-order valence-corrected chi connectivity index (χ1v) is 5.95. The molecule has 0 radical (unpaired) electrons. The average molecular weight is 309 g/mol. The first-order valence-electron chi connectivity index (χ1n) is 5.19. The van der Waals surface area contributed by atoms with Crippen molar-refractivity contribution in [2.75, 3.05) is 11.9 Å². The summed E-state index contributed by atoms with van der Waals surface area (Å²) < 4.78 is 13.2. The second kappa shape index (κ2) is 6.58. The molecule has 1 rings (SSSR count). The summed E-state index contributed by atoms with van der Waals surface area (Å²) in [7, 11) is 0. The number of carboxylic acid groups (broad SMARTS) is 1. The van der Waals surface area contributed by atoms with Gasteiger partial charge in [-0.15, -0.1) is 0 Å². The number of rotatable bonds is 5. The zero-order valence-electron chi connectivity index (χ0n) is 9.84. The highest BCUT2D eigenvalue weighted by Gasteiger charge is 2.18. The molecule has 1 amide bonds. The van der Waals surface area contributed by atoms with Crippen LogP contribution in [0.1, 0.15) is 6.92 Å². The Morgan fingerprint density at radius 3 is 2.32 bits per heavy atom. The van der Waals surface area contributed by atoms with Crippen molar-refractivity contribution < 1.29 is 19.1 Å². The Morgan fingerprint density at radius 2 is 1.89 bits per heavy atom. The largest absolute Gasteiger partial charge is 0.480 e. The monoisotopic (exact) mass is 308 g/mol. The third-order valence-corrected chi connectivity index (χ3v) is 2.72. The summed E-state index contributed by atoms with van der Waals surface area (Å²) in [5.74, 6) is -2.41. The highest BCUT2D eigenvalue weighted by Crippen LogP contribution is 2.27. The first kappa shape index (κ1) is 15.5. The third kappa shape index (κ3) is 4.57. The zero-order valence-corrected chi connectivity index (χ0v) is 11.3. The Hall–Kier alpha value is -1.53. The van der Waals surface area contributed by atoms with Crippen LogP contribution in [0.15, 0.2) is 12.1 Å². The van der Waals surface area contributed by atoms with Crippen molar-refractivity contribution >= 4 is 40.8 Å². The molecular formula is C11H11Cl2FN2O3. The van der Waals surface area contributed by atoms with E-state index in [1.807, 2.05) is 0 Å². The van der Waals surface area contributed by atoms with Crippen molar-refractivity contribution in [3.63, 3.8) is 0 Å². The van der Waals surface area contributed by atoms with Gasteiger partial charge in [0.15, 0.2) is 5.82 Å². The van der Waals surface area contributed by atoms with Crippen LogP contribution in [0.5, 0.6) is 0 Å². The molecule has 0 aliphatic carbocycles. The molecule has 5 nitrogen and oxygen atoms in total. The van der Waals surface area contributed by atoms with Crippen LogP contribution in [0, 0.1) is 5.82 Å². The number of amides is 1. The molecule has 0 aliphatic rings. The van der Waals surface area contributed by atoms with Gasteiger partial charge in [0, 0.05) is 19.2 Å². The fourth-order valence-electron chi connectivity index (χ4n) is 1.32. The van der Waals surface area contributed by atoms with Crippen molar-refractivity contribution in [2.24, 2.45) is 0 Å². The Morgan fingerprint density at radius 1 is 1.37 bits per heavy atom. The minimum absolute atomic E-state index is 0.0901. The van der Waals surface area contributed by atoms with Crippen LogP contribution in [0.3, 0.4) is 0 Å². The number of carbonyl (C=O) groups is 2. The van der Waals surface area contributed by atoms with E-state index in [1.165, 1.54) is 19.1 Å². The van der Waals surface area contributed by atoms with Crippen LogP contribution in [0.2, 0.25) is 10.0 Å². The standard InChI is InChI=1S/C11H11Cl2FN2O3/c1-5(17)16-9(11(18)19)4-15-6-2-7(12)10(14)8(13)3-6/h2-3,9,15H,4H2,1H3,(H,16,17)(H,18,19). The van der Waals surface area contributed by atoms with Gasteiger partial charge in [-0.2, -0.15) is 0 Å². The van der Waals surface area contributed by atoms with Gasteiger partial charge in [0.25, 0.3) is 0 Å². The lowest BCUT2D eigenvalue weighted by atomic mass is 10.2. The minimum atomic E-state index is -1.19. The number of halogens is 3. The van der Waals surface area contributed by atoms with Gasteiger partial charge in [0.1, 0.15) is 6.04 Å². The second-order valence-corrected chi connectivity index (χ2v) is 4.54. The van der Waals surface area contributed by atoms with Gasteiger partial charge < -0.3 is 15.7 Å². The predicted molar refractivity (Wildman–Crippen MR) is 70.2 cm³/mol. The van der Waals surface area contributed by atoms with Crippen molar-refractivity contribution in [1.82, 2.24) is 5.32 Å². The smallest absolute Gasteiger partial charge is 0.328 e. The topological polar surface area (TPSA) is 78.4 Å². The number of anilines is 1. The van der Waals surface area contributed by atoms with Crippen molar-refractivity contribution in [3.8, 4) is 0 Å². The van der Waals surface area contributed by atoms with Crippen molar-refractivity contribution in [1.29, 1.82) is 0 Å². The first-order chi connectivity index (χ1) is 8.81. The molecule has 0 aliphatic heterocycles. The third-order valence-electron chi connectivity index (χ3n) is 2.17. The maximum Gasteiger partial charge on any atom is 0.328 e. The maximum absolute atomic E-state index is 13.2. The Kier molecular flexibility index (Phi) is 5.38. The van der Waals surface area contributed by atoms with Gasteiger partial charge in [-0.1, -0.05) is 23.2 Å². The van der Waals surface area contributed by atoms with Gasteiger partial charge >= 0.3 is 5.97 Å². The summed E-state index contributed by atoms with van der Waals surface area (Å²) in [4.78, 5) is 21.7. The van der Waals surface area contributed by atoms with Gasteiger partial charge in [0.2, 0.25) is 5.91 Å². The fraction of sp³-hybridized carbons (Fsp3) is 0.273. The quantitative estimate of drug-likeness (QED) is 0.728. The number of aliphatic carboxylic acids is 1. The molecule has 0 saturated carbocycles. The number of hydrogen-bond donors (Lipinski definition) is 3. The van der Waals surface area contributed by atoms with E-state index < -0.39 is 23.7 Å². The minimum Gasteiger partial charge on any atom is -0.480 e. The molecule has 0 spiro atoms. The van der Waals surface area contributed by atoms with Crippen molar-refractivity contribution in [2.45, 2.75) is 13.0 Å². The number of carbonyl (C=O) groups excluding carboxylic acids is 1. The molecule has 0 aromatic heterocycles. The van der Waals surface area contributed by atoms with Crippen LogP contribution in [0.4, 0.5) is 10.1 Å². The van der Waals surface area contributed by atoms with Crippen LogP contribution in [0.25, 0.3) is 0 Å². The molecule has 1 atom stereocenters. The molecule has 104 valence electrons. The SMILES string of the molecule is CC(=O)NC(CNc1cc(Cl)c(F)c(Cl)c1)C(=O)O. The van der Waals surface area contributed by atoms with E-state index in [1.54, 1.807) is 0 Å². The summed E-state index contributed by atoms with van der Waals surface area (Å²) in [6.45, 7) is 1.12. The lowest BCUT2D eigenvalue weighted by Gasteiger charge is -2.15. The number of benzene rings is 1. The van der Waals surface area contributed by atoms with E-state index in [0.29, 0.717) is 5.69 Å². The maximum atomic E-state index is 13.2. The fourth-order valence-corrected chi connectivity index (χ4v) is 1.81. The lowest BCUT2D eigenvalue weighted by molar-refractivity contribution is -0.141. The Bertz CT molecular complexity index is 488. The summed E-state index contributed by atoms with van der Waals surface area (Å²) in [5.41, 5.74) is 0.355. The molecular weight excluding hydrogens is 298 g/mol. The van der Waals surface area contributed by atoms with Gasteiger partial charge in [-0.3, -0.25) is 4.79 Å². The second-order valence-electron chi connectivity index (χ2n) is 3.73. The molecule has 1 aromatic rings. The summed E-state index contributed by atoms with van der Waals surface area (Å²) in [6, 6.07) is 1.44. The summed E-state index contributed by atoms with van der Waals surface area (Å²) in [6.07, 6.45) is 0. The molecule has 1 aromatic carbocycles. The summed E-state index contributed by atoms with van der Waals surface area (Å²) >= 11 is 11.2. The molecule has 8 heteroatoms. The molecule has 0 bridgehead atoms. The molecule has 0 heterocycles. The average Bonchev–Trinajstić information content (AvgIpc) is 2.30. The zero-order chi connectivity index (χ0) is 14.6. The van der Waals surface area contributed by atoms with Crippen LogP contribution in [-0.2, 0) is 9.59 Å². The van der Waals surface area contributed by atoms with Gasteiger partial charge in [0.05, 0.1) is 10.0 Å². The van der Waals surface area contributed by atoms with Crippen LogP contribution in [-0.4, -0.2) is 29.6 Å². The van der Waals surface area contributed by atoms with Crippen molar-refractivity contribution in [3.05, 3.63) is 28.0 Å². The highest BCUT2D eigenvalue weighted by molar-refractivity contribution is 6.35. The van der Waals surface area contributed by atoms with E-state index >= 15 is 0 Å². The number of nitrogens with one attached hydrogen (secondary N) is 2. The molecule has 19 heavy (non-hydrogen) atoms. The highest BCUT2D eigenvalue weighted by atomic mass is 35.5. The predicted octanol–water partition coefficient (Wildman–Crippen LogP) is 2.13. The summed E-state index contributed by atoms with van der Waals surface area (Å²) in [5, 5.41) is 13.5. The van der Waals surface area contributed by atoms with Crippen LogP contribution < -0.4 is 10.6 Å². The van der Waals surface area contributed by atoms with Gasteiger partial charge in [-0.25, -0.2) is 9.18 Å². The van der Waals surface area contributed by atoms with E-state index in [9.17, 15) is 14.0 Å². The number of hydrogen-bond acceptors (Lipinski definition) is 3. The van der Waals surface area contributed by atoms with Crippen LogP contribution >= 0.6 is 23.2 Å². The normalized spacial score (nSPS) is 11.8. The lowest BCUT2D eigenvalue weighted by Crippen LogP contribution is -2.44. The Labute approximate surface area is 118 Å². The van der Waals surface area contributed by atoms with E-state index in [2.05, 4.69) is 10.6 Å². The number of carboxylic acids is 1.